The van der Waals surface area contributed by atoms with E-state index in [2.05, 4.69) is 5.10 Å². The molecule has 2 heterocycles. The van der Waals surface area contributed by atoms with Gasteiger partial charge in [0.1, 0.15) is 0 Å². The van der Waals surface area contributed by atoms with Gasteiger partial charge in [-0.1, -0.05) is 11.6 Å². The molecule has 21 heavy (non-hydrogen) atoms. The fourth-order valence-electron chi connectivity index (χ4n) is 2.41. The van der Waals surface area contributed by atoms with Gasteiger partial charge in [-0.25, -0.2) is 9.48 Å². The molecule has 0 aliphatic heterocycles. The molecule has 1 aromatic carbocycles. The van der Waals surface area contributed by atoms with Crippen LogP contribution in [0.3, 0.4) is 0 Å². The summed E-state index contributed by atoms with van der Waals surface area (Å²) in [6.45, 7) is 5.23. The number of carboxylic acids is 1. The summed E-state index contributed by atoms with van der Waals surface area (Å²) in [6, 6.07) is 4.96. The lowest BCUT2D eigenvalue weighted by molar-refractivity contribution is -0.140. The van der Waals surface area contributed by atoms with E-state index in [9.17, 15) is 9.59 Å². The SMILES string of the molecule is Cc1ccc2sc3c(C)nn(C(C)C(=O)O)c(=O)c3c2c1. The molecule has 0 spiro atoms. The Kier molecular flexibility index (Phi) is 3.06. The Morgan fingerprint density at radius 2 is 2.10 bits per heavy atom. The zero-order valence-electron chi connectivity index (χ0n) is 11.9. The molecule has 2 aromatic heterocycles. The summed E-state index contributed by atoms with van der Waals surface area (Å²) in [4.78, 5) is 23.8. The Hall–Kier alpha value is -2.21. The van der Waals surface area contributed by atoms with E-state index in [1.54, 1.807) is 6.92 Å². The quantitative estimate of drug-likeness (QED) is 0.790. The van der Waals surface area contributed by atoms with Crippen molar-refractivity contribution in [2.24, 2.45) is 0 Å². The minimum atomic E-state index is -1.07. The normalized spacial score (nSPS) is 12.9. The Morgan fingerprint density at radius 3 is 2.76 bits per heavy atom. The van der Waals surface area contributed by atoms with Crippen LogP contribution in [0.4, 0.5) is 0 Å². The van der Waals surface area contributed by atoms with Crippen molar-refractivity contribution in [1.29, 1.82) is 0 Å². The average molecular weight is 302 g/mol. The maximum absolute atomic E-state index is 12.7. The van der Waals surface area contributed by atoms with E-state index in [-0.39, 0.29) is 5.56 Å². The molecule has 0 aliphatic carbocycles. The van der Waals surface area contributed by atoms with Gasteiger partial charge in [-0.05, 0) is 32.9 Å². The number of hydrogen-bond donors (Lipinski definition) is 1. The molecule has 1 N–H and O–H groups in total. The minimum Gasteiger partial charge on any atom is -0.480 e. The second-order valence-electron chi connectivity index (χ2n) is 5.16. The molecule has 3 rings (SSSR count). The van der Waals surface area contributed by atoms with Crippen LogP contribution in [0, 0.1) is 13.8 Å². The highest BCUT2D eigenvalue weighted by molar-refractivity contribution is 7.26. The third-order valence-electron chi connectivity index (χ3n) is 3.58. The molecule has 1 atom stereocenters. The van der Waals surface area contributed by atoms with Gasteiger partial charge < -0.3 is 5.11 Å². The number of thiophene rings is 1. The number of hydrogen-bond acceptors (Lipinski definition) is 4. The molecule has 0 saturated heterocycles. The van der Waals surface area contributed by atoms with Crippen LogP contribution in [-0.2, 0) is 4.79 Å². The highest BCUT2D eigenvalue weighted by Gasteiger charge is 2.21. The lowest BCUT2D eigenvalue weighted by Crippen LogP contribution is -2.30. The van der Waals surface area contributed by atoms with E-state index < -0.39 is 12.0 Å². The molecule has 5 nitrogen and oxygen atoms in total. The van der Waals surface area contributed by atoms with Gasteiger partial charge in [-0.15, -0.1) is 11.3 Å². The van der Waals surface area contributed by atoms with Gasteiger partial charge in [0.25, 0.3) is 5.56 Å². The second kappa shape index (κ2) is 4.66. The van der Waals surface area contributed by atoms with E-state index in [1.165, 1.54) is 18.3 Å². The lowest BCUT2D eigenvalue weighted by atomic mass is 10.1. The van der Waals surface area contributed by atoms with Gasteiger partial charge in [0.15, 0.2) is 6.04 Å². The van der Waals surface area contributed by atoms with Crippen molar-refractivity contribution in [3.05, 3.63) is 39.8 Å². The van der Waals surface area contributed by atoms with Gasteiger partial charge >= 0.3 is 5.97 Å². The molecule has 108 valence electrons. The number of fused-ring (bicyclic) bond motifs is 3. The summed E-state index contributed by atoms with van der Waals surface area (Å²) < 4.78 is 2.90. The lowest BCUT2D eigenvalue weighted by Gasteiger charge is -2.10. The second-order valence-corrected chi connectivity index (χ2v) is 6.21. The number of aromatic nitrogens is 2. The number of carboxylic acid groups (broad SMARTS) is 1. The van der Waals surface area contributed by atoms with Crippen molar-refractivity contribution in [3.8, 4) is 0 Å². The van der Waals surface area contributed by atoms with Gasteiger partial charge in [-0.3, -0.25) is 4.79 Å². The summed E-state index contributed by atoms with van der Waals surface area (Å²) in [7, 11) is 0. The van der Waals surface area contributed by atoms with Crippen molar-refractivity contribution in [1.82, 2.24) is 9.78 Å². The van der Waals surface area contributed by atoms with E-state index >= 15 is 0 Å². The highest BCUT2D eigenvalue weighted by Crippen LogP contribution is 2.33. The number of nitrogens with zero attached hydrogens (tertiary/aromatic N) is 2. The van der Waals surface area contributed by atoms with Crippen LogP contribution < -0.4 is 5.56 Å². The summed E-state index contributed by atoms with van der Waals surface area (Å²) in [6.07, 6.45) is 0. The molecule has 0 fully saturated rings. The number of rotatable bonds is 2. The van der Waals surface area contributed by atoms with Crippen LogP contribution in [0.2, 0.25) is 0 Å². The molecular formula is C15H14N2O3S. The van der Waals surface area contributed by atoms with Gasteiger partial charge in [0.05, 0.1) is 15.8 Å². The Morgan fingerprint density at radius 1 is 1.38 bits per heavy atom. The third kappa shape index (κ3) is 2.03. The molecule has 0 bridgehead atoms. The standard InChI is InChI=1S/C15H14N2O3S/c1-7-4-5-11-10(6-7)12-13(21-11)8(2)16-17(14(12)18)9(3)15(19)20/h4-6,9H,1-3H3,(H,19,20). The summed E-state index contributed by atoms with van der Waals surface area (Å²) >= 11 is 1.52. The predicted molar refractivity (Wildman–Crippen MR) is 83.2 cm³/mol. The van der Waals surface area contributed by atoms with Crippen LogP contribution in [-0.4, -0.2) is 20.9 Å². The monoisotopic (exact) mass is 302 g/mol. The van der Waals surface area contributed by atoms with Gasteiger partial charge in [-0.2, -0.15) is 5.10 Å². The number of aryl methyl sites for hydroxylation is 2. The highest BCUT2D eigenvalue weighted by atomic mass is 32.1. The zero-order chi connectivity index (χ0) is 15.3. The van der Waals surface area contributed by atoms with Crippen LogP contribution in [0.1, 0.15) is 24.2 Å². The third-order valence-corrected chi connectivity index (χ3v) is 4.86. The maximum Gasteiger partial charge on any atom is 0.328 e. The molecule has 3 aromatic rings. The molecule has 0 aliphatic rings. The van der Waals surface area contributed by atoms with Crippen molar-refractivity contribution in [3.63, 3.8) is 0 Å². The summed E-state index contributed by atoms with van der Waals surface area (Å²) in [5.74, 6) is -1.07. The summed E-state index contributed by atoms with van der Waals surface area (Å²) in [5, 5.41) is 14.7. The zero-order valence-corrected chi connectivity index (χ0v) is 12.7. The molecule has 0 amide bonds. The predicted octanol–water partition coefficient (Wildman–Crippen LogP) is 2.87. The Labute approximate surface area is 124 Å². The van der Waals surface area contributed by atoms with Crippen LogP contribution in [0.25, 0.3) is 20.2 Å². The van der Waals surface area contributed by atoms with Crippen molar-refractivity contribution in [2.75, 3.05) is 0 Å². The first-order valence-electron chi connectivity index (χ1n) is 6.55. The summed E-state index contributed by atoms with van der Waals surface area (Å²) in [5.41, 5.74) is 1.40. The van der Waals surface area contributed by atoms with E-state index in [0.717, 1.165) is 25.0 Å². The number of carbonyl (C=O) groups is 1. The first-order chi connectivity index (χ1) is 9.90. The molecule has 1 unspecified atom stereocenters. The molecule has 0 radical (unpaired) electrons. The molecule has 0 saturated carbocycles. The van der Waals surface area contributed by atoms with E-state index in [1.807, 2.05) is 25.1 Å². The van der Waals surface area contributed by atoms with Crippen molar-refractivity contribution in [2.45, 2.75) is 26.8 Å². The average Bonchev–Trinajstić information content (AvgIpc) is 2.81. The van der Waals surface area contributed by atoms with E-state index in [0.29, 0.717) is 11.1 Å². The first-order valence-corrected chi connectivity index (χ1v) is 7.37. The van der Waals surface area contributed by atoms with Crippen LogP contribution in [0.5, 0.6) is 0 Å². The Balaban J connectivity index is 2.48. The molecular weight excluding hydrogens is 288 g/mol. The fourth-order valence-corrected chi connectivity index (χ4v) is 3.53. The fraction of sp³-hybridized carbons (Fsp3) is 0.267. The van der Waals surface area contributed by atoms with E-state index in [4.69, 9.17) is 5.11 Å². The molecule has 6 heteroatoms. The van der Waals surface area contributed by atoms with Crippen molar-refractivity contribution < 1.29 is 9.90 Å². The largest absolute Gasteiger partial charge is 0.480 e. The van der Waals surface area contributed by atoms with Gasteiger partial charge in [0, 0.05) is 10.1 Å². The topological polar surface area (TPSA) is 72.2 Å². The maximum atomic E-state index is 12.7. The Bertz CT molecular complexity index is 939. The smallest absolute Gasteiger partial charge is 0.328 e. The van der Waals surface area contributed by atoms with Crippen molar-refractivity contribution >= 4 is 37.5 Å². The van der Waals surface area contributed by atoms with Gasteiger partial charge in [0.2, 0.25) is 0 Å². The van der Waals surface area contributed by atoms with Crippen LogP contribution in [0.15, 0.2) is 23.0 Å². The first kappa shape index (κ1) is 13.8. The number of benzene rings is 1. The van der Waals surface area contributed by atoms with Crippen LogP contribution >= 0.6 is 11.3 Å². The number of aliphatic carboxylic acids is 1. The minimum absolute atomic E-state index is 0.345.